The van der Waals surface area contributed by atoms with Crippen molar-refractivity contribution in [2.45, 2.75) is 46.4 Å². The van der Waals surface area contributed by atoms with Crippen LogP contribution in [0.2, 0.25) is 0 Å². The summed E-state index contributed by atoms with van der Waals surface area (Å²) in [5.41, 5.74) is 1.78. The minimum absolute atomic E-state index is 0. The second-order valence-electron chi connectivity index (χ2n) is 8.13. The number of aryl methyl sites for hydroxylation is 2. The number of rotatable bonds is 8. The van der Waals surface area contributed by atoms with E-state index in [9.17, 15) is 9.90 Å². The smallest absolute Gasteiger partial charge is 0.250 e. The average molecular weight is 564 g/mol. The fraction of sp³-hybridized carbons (Fsp3) is 0.360. The van der Waals surface area contributed by atoms with Crippen LogP contribution in [0.25, 0.3) is 0 Å². The van der Waals surface area contributed by atoms with Crippen molar-refractivity contribution >= 4 is 29.9 Å². The summed E-state index contributed by atoms with van der Waals surface area (Å²) in [5.74, 6) is 2.12. The summed E-state index contributed by atoms with van der Waals surface area (Å²) in [7, 11) is 0. The summed E-state index contributed by atoms with van der Waals surface area (Å²) < 4.78 is 7.24. The van der Waals surface area contributed by atoms with Gasteiger partial charge < -0.3 is 24.7 Å². The standard InChI is InChI=1S/C25H32N4O3.HI/c1-5-26-24(28-17-25(4,31)22-14-18(2)32-19(22)3)27-15-20-9-11-21(12-10-20)16-29-13-7-6-8-23(29)30;/h6-14,31H,5,15-17H2,1-4H3,(H2,26,27,28);1H. The van der Waals surface area contributed by atoms with Gasteiger partial charge in [0.1, 0.15) is 17.1 Å². The van der Waals surface area contributed by atoms with E-state index in [1.807, 2.05) is 57.2 Å². The topological polar surface area (TPSA) is 91.8 Å². The molecule has 0 saturated heterocycles. The molecule has 0 aliphatic carbocycles. The third kappa shape index (κ3) is 7.46. The van der Waals surface area contributed by atoms with Gasteiger partial charge in [0, 0.05) is 24.4 Å². The largest absolute Gasteiger partial charge is 0.466 e. The molecule has 0 saturated carbocycles. The van der Waals surface area contributed by atoms with Gasteiger partial charge in [0.15, 0.2) is 5.96 Å². The van der Waals surface area contributed by atoms with Gasteiger partial charge in [-0.25, -0.2) is 4.99 Å². The predicted octanol–water partition coefficient (Wildman–Crippen LogP) is 3.69. The van der Waals surface area contributed by atoms with E-state index in [2.05, 4.69) is 15.6 Å². The molecule has 0 amide bonds. The Morgan fingerprint density at radius 3 is 2.42 bits per heavy atom. The van der Waals surface area contributed by atoms with E-state index < -0.39 is 5.60 Å². The molecule has 178 valence electrons. The zero-order valence-electron chi connectivity index (χ0n) is 19.6. The average Bonchev–Trinajstić information content (AvgIpc) is 3.12. The number of aliphatic imine (C=N–C) groups is 1. The van der Waals surface area contributed by atoms with Crippen molar-refractivity contribution in [2.24, 2.45) is 4.99 Å². The zero-order valence-corrected chi connectivity index (χ0v) is 21.9. The summed E-state index contributed by atoms with van der Waals surface area (Å²) >= 11 is 0. The van der Waals surface area contributed by atoms with Gasteiger partial charge in [-0.1, -0.05) is 30.3 Å². The van der Waals surface area contributed by atoms with Crippen molar-refractivity contribution in [1.29, 1.82) is 0 Å². The molecule has 0 aliphatic heterocycles. The molecule has 0 aliphatic rings. The van der Waals surface area contributed by atoms with E-state index in [4.69, 9.17) is 4.42 Å². The number of halogens is 1. The number of hydrogen-bond acceptors (Lipinski definition) is 4. The highest BCUT2D eigenvalue weighted by Crippen LogP contribution is 2.26. The maximum atomic E-state index is 11.9. The van der Waals surface area contributed by atoms with Crippen molar-refractivity contribution in [3.8, 4) is 0 Å². The minimum atomic E-state index is -1.09. The third-order valence-corrected chi connectivity index (χ3v) is 5.26. The van der Waals surface area contributed by atoms with Gasteiger partial charge in [0.05, 0.1) is 19.6 Å². The number of nitrogens with zero attached hydrogens (tertiary/aromatic N) is 2. The normalized spacial score (nSPS) is 13.2. The van der Waals surface area contributed by atoms with Crippen molar-refractivity contribution in [1.82, 2.24) is 15.2 Å². The Bertz CT molecular complexity index is 1120. The molecule has 2 heterocycles. The molecular weight excluding hydrogens is 531 g/mol. The van der Waals surface area contributed by atoms with Gasteiger partial charge in [-0.15, -0.1) is 24.0 Å². The number of guanidine groups is 1. The fourth-order valence-electron chi connectivity index (χ4n) is 3.57. The number of benzene rings is 1. The lowest BCUT2D eigenvalue weighted by atomic mass is 9.96. The highest BCUT2D eigenvalue weighted by Gasteiger charge is 2.27. The fourth-order valence-corrected chi connectivity index (χ4v) is 3.57. The molecule has 33 heavy (non-hydrogen) atoms. The number of pyridine rings is 1. The number of hydrogen-bond donors (Lipinski definition) is 3. The van der Waals surface area contributed by atoms with Crippen LogP contribution in [0.4, 0.5) is 0 Å². The van der Waals surface area contributed by atoms with Crippen LogP contribution in [0.3, 0.4) is 0 Å². The molecule has 0 radical (unpaired) electrons. The molecule has 2 aromatic heterocycles. The Balaban J connectivity index is 0.00000385. The zero-order chi connectivity index (χ0) is 23.1. The number of aromatic nitrogens is 1. The SMILES string of the molecule is CCNC(=NCc1ccc(Cn2ccccc2=O)cc1)NCC(C)(O)c1cc(C)oc1C.I. The van der Waals surface area contributed by atoms with Crippen LogP contribution in [-0.4, -0.2) is 28.7 Å². The summed E-state index contributed by atoms with van der Waals surface area (Å²) in [4.78, 5) is 16.5. The molecule has 1 atom stereocenters. The van der Waals surface area contributed by atoms with Crippen LogP contribution in [0, 0.1) is 13.8 Å². The van der Waals surface area contributed by atoms with Gasteiger partial charge in [-0.3, -0.25) is 4.79 Å². The Kier molecular flexibility index (Phi) is 9.72. The lowest BCUT2D eigenvalue weighted by molar-refractivity contribution is 0.0601. The van der Waals surface area contributed by atoms with Gasteiger partial charge in [-0.05, 0) is 51.0 Å². The Morgan fingerprint density at radius 2 is 1.82 bits per heavy atom. The Morgan fingerprint density at radius 1 is 1.12 bits per heavy atom. The molecule has 0 bridgehead atoms. The van der Waals surface area contributed by atoms with E-state index in [1.165, 1.54) is 0 Å². The monoisotopic (exact) mass is 564 g/mol. The lowest BCUT2D eigenvalue weighted by Gasteiger charge is -2.24. The van der Waals surface area contributed by atoms with Gasteiger partial charge in [-0.2, -0.15) is 0 Å². The van der Waals surface area contributed by atoms with Crippen LogP contribution in [-0.2, 0) is 18.7 Å². The predicted molar refractivity (Wildman–Crippen MR) is 142 cm³/mol. The molecule has 0 fully saturated rings. The molecule has 1 aromatic carbocycles. The highest BCUT2D eigenvalue weighted by atomic mass is 127. The molecule has 3 N–H and O–H groups in total. The van der Waals surface area contributed by atoms with Crippen molar-refractivity contribution in [3.05, 3.63) is 93.3 Å². The minimum Gasteiger partial charge on any atom is -0.466 e. The molecule has 1 unspecified atom stereocenters. The first kappa shape index (κ1) is 26.7. The van der Waals surface area contributed by atoms with Crippen LogP contribution in [0.15, 0.2) is 68.9 Å². The number of nitrogens with one attached hydrogen (secondary N) is 2. The molecule has 3 aromatic rings. The van der Waals surface area contributed by atoms with E-state index in [0.29, 0.717) is 37.9 Å². The summed E-state index contributed by atoms with van der Waals surface area (Å²) in [6, 6.07) is 15.1. The second kappa shape index (κ2) is 12.0. The van der Waals surface area contributed by atoms with Gasteiger partial charge >= 0.3 is 0 Å². The van der Waals surface area contributed by atoms with Gasteiger partial charge in [0.2, 0.25) is 0 Å². The van der Waals surface area contributed by atoms with E-state index in [1.54, 1.807) is 29.8 Å². The van der Waals surface area contributed by atoms with Crippen LogP contribution in [0.5, 0.6) is 0 Å². The second-order valence-corrected chi connectivity index (χ2v) is 8.13. The van der Waals surface area contributed by atoms with E-state index in [-0.39, 0.29) is 29.5 Å². The van der Waals surface area contributed by atoms with Crippen molar-refractivity contribution < 1.29 is 9.52 Å². The molecular formula is C25H33IN4O3. The van der Waals surface area contributed by atoms with E-state index in [0.717, 1.165) is 22.5 Å². The van der Waals surface area contributed by atoms with Crippen molar-refractivity contribution in [3.63, 3.8) is 0 Å². The molecule has 7 nitrogen and oxygen atoms in total. The first-order valence-electron chi connectivity index (χ1n) is 10.8. The molecule has 8 heteroatoms. The highest BCUT2D eigenvalue weighted by molar-refractivity contribution is 14.0. The summed E-state index contributed by atoms with van der Waals surface area (Å²) in [6.07, 6.45) is 1.79. The Hall–Kier alpha value is -2.59. The number of furan rings is 1. The van der Waals surface area contributed by atoms with Crippen LogP contribution in [0.1, 0.15) is 42.1 Å². The third-order valence-electron chi connectivity index (χ3n) is 5.26. The quantitative estimate of drug-likeness (QED) is 0.221. The Labute approximate surface area is 212 Å². The summed E-state index contributed by atoms with van der Waals surface area (Å²) in [6.45, 7) is 9.52. The maximum absolute atomic E-state index is 11.9. The first-order chi connectivity index (χ1) is 15.3. The number of aliphatic hydroxyl groups is 1. The first-order valence-corrected chi connectivity index (χ1v) is 10.8. The summed E-state index contributed by atoms with van der Waals surface area (Å²) in [5, 5.41) is 17.4. The lowest BCUT2D eigenvalue weighted by Crippen LogP contribution is -2.44. The van der Waals surface area contributed by atoms with Crippen LogP contribution < -0.4 is 16.2 Å². The van der Waals surface area contributed by atoms with Crippen molar-refractivity contribution in [2.75, 3.05) is 13.1 Å². The molecule has 0 spiro atoms. The van der Waals surface area contributed by atoms with Gasteiger partial charge in [0.25, 0.3) is 5.56 Å². The van der Waals surface area contributed by atoms with Crippen LogP contribution >= 0.6 is 24.0 Å². The maximum Gasteiger partial charge on any atom is 0.250 e. The molecule has 3 rings (SSSR count). The van der Waals surface area contributed by atoms with E-state index >= 15 is 0 Å².